The summed E-state index contributed by atoms with van der Waals surface area (Å²) in [6.07, 6.45) is -10.7. The summed E-state index contributed by atoms with van der Waals surface area (Å²) in [6, 6.07) is 6.93. The van der Waals surface area contributed by atoms with Crippen molar-refractivity contribution in [1.29, 1.82) is 0 Å². The van der Waals surface area contributed by atoms with E-state index in [0.717, 1.165) is 10.6 Å². The van der Waals surface area contributed by atoms with Gasteiger partial charge in [-0.25, -0.2) is 18.6 Å². The summed E-state index contributed by atoms with van der Waals surface area (Å²) < 4.78 is 117. The zero-order chi connectivity index (χ0) is 29.5. The summed E-state index contributed by atoms with van der Waals surface area (Å²) in [5, 5.41) is -1.08. The summed E-state index contributed by atoms with van der Waals surface area (Å²) in [4.78, 5) is 30.2. The fourth-order valence-electron chi connectivity index (χ4n) is 4.36. The van der Waals surface area contributed by atoms with E-state index >= 15 is 0 Å². The van der Waals surface area contributed by atoms with Crippen LogP contribution in [0.15, 0.2) is 41.2 Å². The fraction of sp³-hybridized carbons (Fsp3) is 0.400. The molecule has 3 aromatic rings. The molecule has 0 aliphatic carbocycles. The van der Waals surface area contributed by atoms with Gasteiger partial charge in [0.15, 0.2) is 0 Å². The first-order valence-corrected chi connectivity index (χ1v) is 11.8. The largest absolute Gasteiger partial charge is 0.494 e. The number of ether oxygens (including phenoxy) is 2. The molecule has 216 valence electrons. The highest BCUT2D eigenvalue weighted by Crippen LogP contribution is 2.40. The maximum atomic E-state index is 14.0. The standard InChI is InChI=1S/C25H21F8N3O4/c1-14-34-17-7-8-18(40-22(38)25(31,32)33)20(24(28,29)30)19(17)21(37)36(14)15-3-5-16(6-4-15)39-12-2-10-35-11-9-23(26,27)13-35/h3-8H,2,9-13H2,1H3. The topological polar surface area (TPSA) is 73.7 Å². The molecule has 2 heterocycles. The zero-order valence-electron chi connectivity index (χ0n) is 20.7. The van der Waals surface area contributed by atoms with Crippen molar-refractivity contribution >= 4 is 16.9 Å². The smallest absolute Gasteiger partial charge is 0.491 e. The van der Waals surface area contributed by atoms with Crippen LogP contribution in [0, 0.1) is 6.92 Å². The Balaban J connectivity index is 1.60. The molecule has 0 radical (unpaired) electrons. The highest BCUT2D eigenvalue weighted by atomic mass is 19.4. The lowest BCUT2D eigenvalue weighted by Crippen LogP contribution is -2.30. The van der Waals surface area contributed by atoms with Gasteiger partial charge in [-0.1, -0.05) is 0 Å². The maximum Gasteiger partial charge on any atom is 0.491 e. The number of esters is 1. The van der Waals surface area contributed by atoms with Crippen molar-refractivity contribution < 1.29 is 49.4 Å². The van der Waals surface area contributed by atoms with E-state index in [9.17, 15) is 44.7 Å². The number of carbonyl (C=O) groups is 1. The molecule has 1 fully saturated rings. The molecule has 0 N–H and O–H groups in total. The Labute approximate surface area is 220 Å². The molecule has 4 rings (SSSR count). The second-order valence-electron chi connectivity index (χ2n) is 9.10. The lowest BCUT2D eigenvalue weighted by atomic mass is 10.1. The van der Waals surface area contributed by atoms with Gasteiger partial charge >= 0.3 is 18.3 Å². The second-order valence-corrected chi connectivity index (χ2v) is 9.10. The van der Waals surface area contributed by atoms with Gasteiger partial charge in [0.1, 0.15) is 22.9 Å². The van der Waals surface area contributed by atoms with Gasteiger partial charge < -0.3 is 9.47 Å². The van der Waals surface area contributed by atoms with Crippen molar-refractivity contribution in [3.63, 3.8) is 0 Å². The molecule has 15 heteroatoms. The van der Waals surface area contributed by atoms with Crippen LogP contribution in [0.3, 0.4) is 0 Å². The van der Waals surface area contributed by atoms with E-state index < -0.39 is 52.0 Å². The molecule has 2 aromatic carbocycles. The SMILES string of the molecule is Cc1nc2ccc(OC(=O)C(F)(F)F)c(C(F)(F)F)c2c(=O)n1-c1ccc(OCCCN2CCC(F)(F)C2)cc1. The monoisotopic (exact) mass is 579 g/mol. The van der Waals surface area contributed by atoms with Crippen LogP contribution in [0.4, 0.5) is 35.1 Å². The number of carbonyl (C=O) groups excluding carboxylic acids is 1. The lowest BCUT2D eigenvalue weighted by Gasteiger charge is -2.18. The number of hydrogen-bond acceptors (Lipinski definition) is 6. The number of fused-ring (bicyclic) bond motifs is 1. The van der Waals surface area contributed by atoms with Crippen LogP contribution < -0.4 is 15.0 Å². The Bertz CT molecular complexity index is 1470. The molecule has 0 amide bonds. The van der Waals surface area contributed by atoms with Gasteiger partial charge in [0, 0.05) is 19.5 Å². The number of benzene rings is 2. The molecule has 0 spiro atoms. The average molecular weight is 579 g/mol. The van der Waals surface area contributed by atoms with Crippen LogP contribution in [-0.4, -0.2) is 58.8 Å². The van der Waals surface area contributed by atoms with Gasteiger partial charge in [-0.3, -0.25) is 14.3 Å². The van der Waals surface area contributed by atoms with E-state index in [-0.39, 0.29) is 37.6 Å². The molecule has 40 heavy (non-hydrogen) atoms. The molecular weight excluding hydrogens is 558 g/mol. The van der Waals surface area contributed by atoms with Crippen LogP contribution in [0.25, 0.3) is 16.6 Å². The first-order chi connectivity index (χ1) is 18.6. The number of alkyl halides is 8. The highest BCUT2D eigenvalue weighted by Gasteiger charge is 2.45. The third-order valence-electron chi connectivity index (χ3n) is 6.12. The third kappa shape index (κ3) is 6.35. The summed E-state index contributed by atoms with van der Waals surface area (Å²) in [5.74, 6) is -6.75. The van der Waals surface area contributed by atoms with Crippen LogP contribution in [0.5, 0.6) is 11.5 Å². The minimum Gasteiger partial charge on any atom is -0.494 e. The molecule has 1 saturated heterocycles. The Morgan fingerprint density at radius 1 is 1.05 bits per heavy atom. The molecule has 0 saturated carbocycles. The van der Waals surface area contributed by atoms with E-state index in [0.29, 0.717) is 24.8 Å². The quantitative estimate of drug-likeness (QED) is 0.164. The number of hydrogen-bond donors (Lipinski definition) is 0. The van der Waals surface area contributed by atoms with Gasteiger partial charge in [0.05, 0.1) is 29.7 Å². The minimum atomic E-state index is -5.57. The Morgan fingerprint density at radius 3 is 2.30 bits per heavy atom. The summed E-state index contributed by atoms with van der Waals surface area (Å²) in [5.41, 5.74) is -3.51. The molecular formula is C25H21F8N3O4. The van der Waals surface area contributed by atoms with E-state index in [1.807, 2.05) is 0 Å². The molecule has 7 nitrogen and oxygen atoms in total. The number of likely N-dealkylation sites (tertiary alicyclic amines) is 1. The normalized spacial score (nSPS) is 15.9. The van der Waals surface area contributed by atoms with Crippen molar-refractivity contribution in [2.75, 3.05) is 26.2 Å². The number of aryl methyl sites for hydroxylation is 1. The van der Waals surface area contributed by atoms with Gasteiger partial charge in [-0.15, -0.1) is 0 Å². The minimum absolute atomic E-state index is 0.0262. The van der Waals surface area contributed by atoms with Crippen LogP contribution >= 0.6 is 0 Å². The van der Waals surface area contributed by atoms with E-state index in [1.54, 1.807) is 4.90 Å². The summed E-state index contributed by atoms with van der Waals surface area (Å²) >= 11 is 0. The maximum absolute atomic E-state index is 14.0. The molecule has 0 atom stereocenters. The van der Waals surface area contributed by atoms with Crippen LogP contribution in [0.1, 0.15) is 24.2 Å². The molecule has 1 aliphatic rings. The van der Waals surface area contributed by atoms with Crippen molar-refractivity contribution in [1.82, 2.24) is 14.5 Å². The van der Waals surface area contributed by atoms with Crippen molar-refractivity contribution in [3.8, 4) is 17.2 Å². The van der Waals surface area contributed by atoms with Gasteiger partial charge in [0.25, 0.3) is 11.5 Å². The summed E-state index contributed by atoms with van der Waals surface area (Å²) in [7, 11) is 0. The fourth-order valence-corrected chi connectivity index (χ4v) is 4.36. The van der Waals surface area contributed by atoms with Gasteiger partial charge in [-0.05, 0) is 49.7 Å². The average Bonchev–Trinajstić information content (AvgIpc) is 3.20. The number of halogens is 8. The predicted octanol–water partition coefficient (Wildman–Crippen LogP) is 5.29. The number of aromatic nitrogens is 2. The Kier molecular flexibility index (Phi) is 7.80. The molecule has 1 aliphatic heterocycles. The van der Waals surface area contributed by atoms with E-state index in [1.165, 1.54) is 31.2 Å². The van der Waals surface area contributed by atoms with Crippen molar-refractivity contribution in [2.24, 2.45) is 0 Å². The predicted molar refractivity (Wildman–Crippen MR) is 125 cm³/mol. The number of nitrogens with zero attached hydrogens (tertiary/aromatic N) is 3. The molecule has 0 unspecified atom stereocenters. The first kappa shape index (κ1) is 29.2. The van der Waals surface area contributed by atoms with Gasteiger partial charge in [0.2, 0.25) is 0 Å². The summed E-state index contributed by atoms with van der Waals surface area (Å²) in [6.45, 7) is 1.94. The Hall–Kier alpha value is -3.75. The lowest BCUT2D eigenvalue weighted by molar-refractivity contribution is -0.190. The first-order valence-electron chi connectivity index (χ1n) is 11.8. The molecule has 0 bridgehead atoms. The van der Waals surface area contributed by atoms with Crippen molar-refractivity contribution in [2.45, 2.75) is 38.0 Å². The zero-order valence-corrected chi connectivity index (χ0v) is 20.7. The molecule has 1 aromatic heterocycles. The Morgan fingerprint density at radius 2 is 1.73 bits per heavy atom. The van der Waals surface area contributed by atoms with E-state index in [4.69, 9.17) is 4.74 Å². The van der Waals surface area contributed by atoms with E-state index in [2.05, 4.69) is 9.72 Å². The number of rotatable bonds is 7. The second kappa shape index (κ2) is 10.7. The van der Waals surface area contributed by atoms with Crippen molar-refractivity contribution in [3.05, 3.63) is 58.1 Å². The highest BCUT2D eigenvalue weighted by molar-refractivity contribution is 5.87. The van der Waals surface area contributed by atoms with Crippen LogP contribution in [0.2, 0.25) is 0 Å². The van der Waals surface area contributed by atoms with Gasteiger partial charge in [-0.2, -0.15) is 26.3 Å². The van der Waals surface area contributed by atoms with Crippen LogP contribution in [-0.2, 0) is 11.0 Å². The third-order valence-corrected chi connectivity index (χ3v) is 6.12.